The Morgan fingerprint density at radius 2 is 2.16 bits per heavy atom. The van der Waals surface area contributed by atoms with Gasteiger partial charge in [-0.15, -0.1) is 0 Å². The van der Waals surface area contributed by atoms with E-state index in [2.05, 4.69) is 11.4 Å². The van der Waals surface area contributed by atoms with E-state index < -0.39 is 0 Å². The van der Waals surface area contributed by atoms with Gasteiger partial charge in [-0.2, -0.15) is 0 Å². The van der Waals surface area contributed by atoms with Gasteiger partial charge in [-0.25, -0.2) is 0 Å². The number of amides is 1. The average molecular weight is 260 g/mol. The molecule has 0 bridgehead atoms. The highest BCUT2D eigenvalue weighted by atomic mass is 16.3. The molecular formula is C15H20N2O2. The molecule has 0 radical (unpaired) electrons. The second-order valence-corrected chi connectivity index (χ2v) is 4.94. The number of rotatable bonds is 5. The molecule has 2 N–H and O–H groups in total. The summed E-state index contributed by atoms with van der Waals surface area (Å²) in [6.45, 7) is 4.34. The van der Waals surface area contributed by atoms with Crippen LogP contribution in [0.1, 0.15) is 18.9 Å². The van der Waals surface area contributed by atoms with Crippen LogP contribution in [0.4, 0.5) is 0 Å². The number of benzene rings is 1. The molecule has 0 saturated carbocycles. The van der Waals surface area contributed by atoms with Gasteiger partial charge in [0.2, 0.25) is 5.91 Å². The number of aromatic nitrogens is 1. The van der Waals surface area contributed by atoms with E-state index in [1.165, 1.54) is 10.9 Å². The largest absolute Gasteiger partial charge is 0.396 e. The molecule has 2 rings (SSSR count). The van der Waals surface area contributed by atoms with Gasteiger partial charge < -0.3 is 15.0 Å². The zero-order chi connectivity index (χ0) is 13.8. The van der Waals surface area contributed by atoms with Crippen LogP contribution in [0.2, 0.25) is 0 Å². The molecule has 102 valence electrons. The third-order valence-electron chi connectivity index (χ3n) is 3.27. The van der Waals surface area contributed by atoms with Gasteiger partial charge in [0, 0.05) is 29.7 Å². The van der Waals surface area contributed by atoms with Crippen molar-refractivity contribution in [1.82, 2.24) is 9.88 Å². The van der Waals surface area contributed by atoms with E-state index >= 15 is 0 Å². The minimum Gasteiger partial charge on any atom is -0.396 e. The maximum Gasteiger partial charge on any atom is 0.240 e. The predicted molar refractivity (Wildman–Crippen MR) is 76.0 cm³/mol. The van der Waals surface area contributed by atoms with Crippen LogP contribution in [-0.4, -0.2) is 28.2 Å². The number of aliphatic hydroxyl groups is 1. The Kier molecular flexibility index (Phi) is 4.22. The fraction of sp³-hybridized carbons (Fsp3) is 0.400. The maximum atomic E-state index is 11.9. The van der Waals surface area contributed by atoms with Gasteiger partial charge in [-0.05, 0) is 31.9 Å². The van der Waals surface area contributed by atoms with Gasteiger partial charge in [-0.1, -0.05) is 18.2 Å². The van der Waals surface area contributed by atoms with Gasteiger partial charge in [-0.3, -0.25) is 4.79 Å². The topological polar surface area (TPSA) is 54.3 Å². The molecule has 2 aromatic rings. The lowest BCUT2D eigenvalue weighted by atomic mass is 10.2. The standard InChI is InChI=1S/C15H20N2O2/c1-11-9-17(14-6-4-3-5-13(11)14)10-15(19)16-12(2)7-8-18/h3-6,9,12,18H,7-8,10H2,1-2H3,(H,16,19). The number of carbonyl (C=O) groups excluding carboxylic acids is 1. The summed E-state index contributed by atoms with van der Waals surface area (Å²) in [4.78, 5) is 11.9. The summed E-state index contributed by atoms with van der Waals surface area (Å²) < 4.78 is 1.96. The number of carbonyl (C=O) groups is 1. The zero-order valence-corrected chi connectivity index (χ0v) is 11.4. The van der Waals surface area contributed by atoms with Crippen LogP contribution in [-0.2, 0) is 11.3 Å². The maximum absolute atomic E-state index is 11.9. The van der Waals surface area contributed by atoms with Crippen LogP contribution in [0.15, 0.2) is 30.5 Å². The van der Waals surface area contributed by atoms with Crippen molar-refractivity contribution in [2.24, 2.45) is 0 Å². The van der Waals surface area contributed by atoms with E-state index in [1.54, 1.807) is 0 Å². The Hall–Kier alpha value is -1.81. The molecule has 1 heterocycles. The first-order chi connectivity index (χ1) is 9.11. The highest BCUT2D eigenvalue weighted by molar-refractivity contribution is 5.86. The summed E-state index contributed by atoms with van der Waals surface area (Å²) in [7, 11) is 0. The summed E-state index contributed by atoms with van der Waals surface area (Å²) in [5.41, 5.74) is 2.25. The lowest BCUT2D eigenvalue weighted by molar-refractivity contribution is -0.122. The quantitative estimate of drug-likeness (QED) is 0.862. The molecule has 1 aromatic heterocycles. The molecule has 1 unspecified atom stereocenters. The van der Waals surface area contributed by atoms with Crippen LogP contribution in [0.25, 0.3) is 10.9 Å². The first-order valence-corrected chi connectivity index (χ1v) is 6.56. The number of nitrogens with zero attached hydrogens (tertiary/aromatic N) is 1. The van der Waals surface area contributed by atoms with Crippen molar-refractivity contribution in [1.29, 1.82) is 0 Å². The molecule has 4 nitrogen and oxygen atoms in total. The van der Waals surface area contributed by atoms with Crippen molar-refractivity contribution in [3.8, 4) is 0 Å². The van der Waals surface area contributed by atoms with Gasteiger partial charge in [0.25, 0.3) is 0 Å². The van der Waals surface area contributed by atoms with Crippen LogP contribution in [0, 0.1) is 6.92 Å². The minimum atomic E-state index is -0.0262. The number of fused-ring (bicyclic) bond motifs is 1. The van der Waals surface area contributed by atoms with E-state index in [4.69, 9.17) is 5.11 Å². The lowest BCUT2D eigenvalue weighted by Gasteiger charge is -2.13. The molecule has 1 atom stereocenters. The summed E-state index contributed by atoms with van der Waals surface area (Å²) in [6, 6.07) is 8.06. The number of aliphatic hydroxyl groups excluding tert-OH is 1. The van der Waals surface area contributed by atoms with Gasteiger partial charge in [0.05, 0.1) is 0 Å². The molecule has 0 spiro atoms. The number of nitrogens with one attached hydrogen (secondary N) is 1. The number of para-hydroxylation sites is 1. The van der Waals surface area contributed by atoms with E-state index in [9.17, 15) is 4.79 Å². The number of aryl methyl sites for hydroxylation is 1. The molecule has 1 amide bonds. The smallest absolute Gasteiger partial charge is 0.240 e. The second kappa shape index (κ2) is 5.89. The summed E-state index contributed by atoms with van der Waals surface area (Å²) in [5.74, 6) is -0.0262. The number of hydrogen-bond donors (Lipinski definition) is 2. The minimum absolute atomic E-state index is 0.000392. The summed E-state index contributed by atoms with van der Waals surface area (Å²) >= 11 is 0. The van der Waals surface area contributed by atoms with Crippen LogP contribution in [0.3, 0.4) is 0 Å². The Morgan fingerprint density at radius 3 is 2.89 bits per heavy atom. The first-order valence-electron chi connectivity index (χ1n) is 6.56. The summed E-state index contributed by atoms with van der Waals surface area (Å²) in [6.07, 6.45) is 2.58. The van der Waals surface area contributed by atoms with Crippen molar-refractivity contribution >= 4 is 16.8 Å². The third kappa shape index (κ3) is 3.15. The second-order valence-electron chi connectivity index (χ2n) is 4.94. The number of hydrogen-bond acceptors (Lipinski definition) is 2. The van der Waals surface area contributed by atoms with E-state index in [-0.39, 0.29) is 18.6 Å². The molecule has 0 aliphatic heterocycles. The average Bonchev–Trinajstić information content (AvgIpc) is 2.67. The van der Waals surface area contributed by atoms with Crippen molar-refractivity contribution < 1.29 is 9.90 Å². The third-order valence-corrected chi connectivity index (χ3v) is 3.27. The van der Waals surface area contributed by atoms with E-state index in [1.807, 2.05) is 42.8 Å². The van der Waals surface area contributed by atoms with Crippen molar-refractivity contribution in [2.45, 2.75) is 32.9 Å². The van der Waals surface area contributed by atoms with Crippen LogP contribution in [0.5, 0.6) is 0 Å². The van der Waals surface area contributed by atoms with Gasteiger partial charge >= 0.3 is 0 Å². The fourth-order valence-electron chi connectivity index (χ4n) is 2.30. The molecule has 0 saturated heterocycles. The zero-order valence-electron chi connectivity index (χ0n) is 11.4. The Morgan fingerprint density at radius 1 is 1.42 bits per heavy atom. The van der Waals surface area contributed by atoms with Crippen molar-refractivity contribution in [3.05, 3.63) is 36.0 Å². The van der Waals surface area contributed by atoms with E-state index in [0.29, 0.717) is 13.0 Å². The molecule has 0 aliphatic carbocycles. The lowest BCUT2D eigenvalue weighted by Crippen LogP contribution is -2.35. The first kappa shape index (κ1) is 13.6. The molecule has 1 aromatic carbocycles. The molecule has 0 aliphatic rings. The van der Waals surface area contributed by atoms with Crippen molar-refractivity contribution in [3.63, 3.8) is 0 Å². The van der Waals surface area contributed by atoms with Crippen molar-refractivity contribution in [2.75, 3.05) is 6.61 Å². The van der Waals surface area contributed by atoms with Crippen LogP contribution >= 0.6 is 0 Å². The Balaban J connectivity index is 2.11. The molecule has 0 fully saturated rings. The molecular weight excluding hydrogens is 240 g/mol. The molecule has 4 heteroatoms. The Labute approximate surface area is 113 Å². The molecule has 19 heavy (non-hydrogen) atoms. The summed E-state index contributed by atoms with van der Waals surface area (Å²) in [5, 5.41) is 12.9. The highest BCUT2D eigenvalue weighted by Crippen LogP contribution is 2.20. The fourth-order valence-corrected chi connectivity index (χ4v) is 2.30. The highest BCUT2D eigenvalue weighted by Gasteiger charge is 2.10. The van der Waals surface area contributed by atoms with Gasteiger partial charge in [0.1, 0.15) is 6.54 Å². The van der Waals surface area contributed by atoms with Gasteiger partial charge in [0.15, 0.2) is 0 Å². The Bertz CT molecular complexity index is 575. The normalized spacial score (nSPS) is 12.6. The predicted octanol–water partition coefficient (Wildman–Crippen LogP) is 1.84. The van der Waals surface area contributed by atoms with Crippen LogP contribution < -0.4 is 5.32 Å². The monoisotopic (exact) mass is 260 g/mol. The SMILES string of the molecule is Cc1cn(CC(=O)NC(C)CCO)c2ccccc12. The van der Waals surface area contributed by atoms with E-state index in [0.717, 1.165) is 5.52 Å².